The first kappa shape index (κ1) is 26.1. The van der Waals surface area contributed by atoms with Gasteiger partial charge in [0.1, 0.15) is 6.61 Å². The number of hydrogen-bond donors (Lipinski definition) is 0. The van der Waals surface area contributed by atoms with Gasteiger partial charge in [-0.25, -0.2) is 13.2 Å². The largest absolute Gasteiger partial charge is 0.460 e. The van der Waals surface area contributed by atoms with Gasteiger partial charge in [-0.05, 0) is 46.5 Å². The summed E-state index contributed by atoms with van der Waals surface area (Å²) in [5.74, 6) is -2.44. The van der Waals surface area contributed by atoms with Crippen molar-refractivity contribution in [3.05, 3.63) is 101 Å². The molecule has 0 saturated carbocycles. The van der Waals surface area contributed by atoms with Crippen LogP contribution in [0.15, 0.2) is 77.7 Å². The Kier molecular flexibility index (Phi) is 6.29. The first-order valence-corrected chi connectivity index (χ1v) is 15.2. The van der Waals surface area contributed by atoms with Gasteiger partial charge in [0, 0.05) is 24.9 Å². The minimum Gasteiger partial charge on any atom is -0.460 e. The van der Waals surface area contributed by atoms with Gasteiger partial charge >= 0.3 is 5.97 Å². The Hall–Kier alpha value is -3.86. The number of hydrogen-bond acceptors (Lipinski definition) is 7. The first-order chi connectivity index (χ1) is 19.9. The van der Waals surface area contributed by atoms with E-state index < -0.39 is 27.8 Å². The predicted octanol–water partition coefficient (Wildman–Crippen LogP) is 2.76. The van der Waals surface area contributed by atoms with E-state index in [2.05, 4.69) is 24.3 Å². The van der Waals surface area contributed by atoms with Crippen LogP contribution in [0.25, 0.3) is 0 Å². The van der Waals surface area contributed by atoms with Crippen molar-refractivity contribution in [2.75, 3.05) is 39.5 Å². The Bertz CT molecular complexity index is 1550. The van der Waals surface area contributed by atoms with Gasteiger partial charge in [-0.1, -0.05) is 48.5 Å². The molecule has 9 nitrogen and oxygen atoms in total. The van der Waals surface area contributed by atoms with E-state index in [1.807, 2.05) is 24.3 Å². The molecule has 10 heteroatoms. The quantitative estimate of drug-likeness (QED) is 0.330. The van der Waals surface area contributed by atoms with E-state index in [1.54, 1.807) is 0 Å². The minimum atomic E-state index is -3.68. The molecular formula is C31H28N2O7S. The van der Waals surface area contributed by atoms with Crippen molar-refractivity contribution >= 4 is 27.8 Å². The number of nitrogens with zero attached hydrogens (tertiary/aromatic N) is 2. The molecule has 3 aliphatic carbocycles. The Balaban J connectivity index is 1.04. The summed E-state index contributed by atoms with van der Waals surface area (Å²) in [4.78, 5) is 41.4. The van der Waals surface area contributed by atoms with Crippen molar-refractivity contribution in [1.29, 1.82) is 0 Å². The lowest BCUT2D eigenvalue weighted by molar-refractivity contribution is -0.140. The number of morpholine rings is 1. The predicted molar refractivity (Wildman–Crippen MR) is 147 cm³/mol. The van der Waals surface area contributed by atoms with E-state index in [0.717, 1.165) is 22.3 Å². The fourth-order valence-corrected chi connectivity index (χ4v) is 8.38. The fourth-order valence-electron chi connectivity index (χ4n) is 6.97. The Labute approximate surface area is 237 Å². The summed E-state index contributed by atoms with van der Waals surface area (Å²) in [6, 6.07) is 21.7. The lowest BCUT2D eigenvalue weighted by Gasteiger charge is -2.45. The highest BCUT2D eigenvalue weighted by Crippen LogP contribution is 2.60. The minimum absolute atomic E-state index is 0.0357. The number of rotatable bonds is 6. The maximum atomic E-state index is 13.7. The Morgan fingerprint density at radius 1 is 0.780 bits per heavy atom. The van der Waals surface area contributed by atoms with E-state index >= 15 is 0 Å². The van der Waals surface area contributed by atoms with Crippen LogP contribution >= 0.6 is 0 Å². The van der Waals surface area contributed by atoms with Crippen LogP contribution in [0.1, 0.15) is 44.4 Å². The summed E-state index contributed by atoms with van der Waals surface area (Å²) in [6.45, 7) is 1.05. The van der Waals surface area contributed by atoms with E-state index in [4.69, 9.17) is 9.47 Å². The fraction of sp³-hybridized carbons (Fsp3) is 0.323. The molecule has 2 aliphatic heterocycles. The maximum Gasteiger partial charge on any atom is 0.338 e. The maximum absolute atomic E-state index is 13.7. The number of sulfonamides is 1. The van der Waals surface area contributed by atoms with Crippen molar-refractivity contribution in [1.82, 2.24) is 9.21 Å². The molecule has 3 aromatic rings. The molecule has 210 valence electrons. The van der Waals surface area contributed by atoms with Crippen LogP contribution in [-0.2, 0) is 29.1 Å². The number of imide groups is 1. The van der Waals surface area contributed by atoms with Gasteiger partial charge in [0.05, 0.1) is 42.1 Å². The SMILES string of the molecule is O=C(OCCN1C(=O)[C@@H]2C3c4ccccc4C(c4ccccc43)[C@@H]2C1=O)c1ccc(S(=O)(=O)N2CCOCC2)cc1. The summed E-state index contributed by atoms with van der Waals surface area (Å²) in [7, 11) is -3.68. The summed E-state index contributed by atoms with van der Waals surface area (Å²) >= 11 is 0. The molecule has 2 heterocycles. The molecular weight excluding hydrogens is 544 g/mol. The van der Waals surface area contributed by atoms with Crippen LogP contribution < -0.4 is 0 Å². The molecule has 0 spiro atoms. The lowest BCUT2D eigenvalue weighted by Crippen LogP contribution is -2.41. The van der Waals surface area contributed by atoms with Crippen molar-refractivity contribution in [3.8, 4) is 0 Å². The molecule has 3 aromatic carbocycles. The normalized spacial score (nSPS) is 25.0. The highest BCUT2D eigenvalue weighted by molar-refractivity contribution is 7.89. The van der Waals surface area contributed by atoms with E-state index in [1.165, 1.54) is 33.5 Å². The number of likely N-dealkylation sites (tertiary alicyclic amines) is 1. The van der Waals surface area contributed by atoms with Crippen molar-refractivity contribution < 1.29 is 32.3 Å². The molecule has 2 atom stereocenters. The lowest BCUT2D eigenvalue weighted by atomic mass is 9.55. The third kappa shape index (κ3) is 4.04. The molecule has 0 N–H and O–H groups in total. The summed E-state index contributed by atoms with van der Waals surface area (Å²) < 4.78 is 37.7. The number of benzene rings is 3. The molecule has 2 fully saturated rings. The summed E-state index contributed by atoms with van der Waals surface area (Å²) in [5, 5.41) is 0. The van der Waals surface area contributed by atoms with Gasteiger partial charge < -0.3 is 9.47 Å². The van der Waals surface area contributed by atoms with Gasteiger partial charge in [0.2, 0.25) is 21.8 Å². The molecule has 2 bridgehead atoms. The zero-order valence-corrected chi connectivity index (χ0v) is 23.0. The smallest absolute Gasteiger partial charge is 0.338 e. The molecule has 2 amide bonds. The van der Waals surface area contributed by atoms with Crippen LogP contribution in [0.4, 0.5) is 0 Å². The van der Waals surface area contributed by atoms with Crippen molar-refractivity contribution in [3.63, 3.8) is 0 Å². The van der Waals surface area contributed by atoms with Gasteiger partial charge in [0.15, 0.2) is 0 Å². The zero-order valence-electron chi connectivity index (χ0n) is 22.1. The number of amides is 2. The average Bonchev–Trinajstić information content (AvgIpc) is 3.27. The monoisotopic (exact) mass is 572 g/mol. The molecule has 2 saturated heterocycles. The first-order valence-electron chi connectivity index (χ1n) is 13.8. The number of ether oxygens (including phenoxy) is 2. The molecule has 8 rings (SSSR count). The number of esters is 1. The average molecular weight is 573 g/mol. The highest BCUT2D eigenvalue weighted by Gasteiger charge is 2.61. The molecule has 5 aliphatic rings. The highest BCUT2D eigenvalue weighted by atomic mass is 32.2. The third-order valence-electron chi connectivity index (χ3n) is 8.79. The molecule has 0 radical (unpaired) electrons. The Morgan fingerprint density at radius 2 is 1.27 bits per heavy atom. The second-order valence-corrected chi connectivity index (χ2v) is 12.7. The number of carbonyl (C=O) groups excluding carboxylic acids is 3. The van der Waals surface area contributed by atoms with Gasteiger partial charge in [0.25, 0.3) is 0 Å². The van der Waals surface area contributed by atoms with Gasteiger partial charge in [-0.15, -0.1) is 0 Å². The molecule has 0 unspecified atom stereocenters. The van der Waals surface area contributed by atoms with Crippen LogP contribution in [0, 0.1) is 11.8 Å². The standard InChI is InChI=1S/C31H28N2O7S/c34-29-27-25-21-5-1-2-6-22(21)26(24-8-4-3-7-23(24)25)28(27)30(35)33(29)15-18-40-31(36)19-9-11-20(12-10-19)41(37,38)32-13-16-39-17-14-32/h1-12,25-28H,13-18H2/t25?,26?,27-,28+. The second-order valence-electron chi connectivity index (χ2n) is 10.8. The van der Waals surface area contributed by atoms with Crippen LogP contribution in [-0.4, -0.2) is 74.9 Å². The van der Waals surface area contributed by atoms with E-state index in [9.17, 15) is 22.8 Å². The van der Waals surface area contributed by atoms with Gasteiger partial charge in [-0.3, -0.25) is 14.5 Å². The van der Waals surface area contributed by atoms with E-state index in [-0.39, 0.29) is 60.4 Å². The van der Waals surface area contributed by atoms with Gasteiger partial charge in [-0.2, -0.15) is 4.31 Å². The molecule has 41 heavy (non-hydrogen) atoms. The third-order valence-corrected chi connectivity index (χ3v) is 10.7. The summed E-state index contributed by atoms with van der Waals surface area (Å²) in [6.07, 6.45) is 0. The van der Waals surface area contributed by atoms with Crippen LogP contribution in [0.3, 0.4) is 0 Å². The van der Waals surface area contributed by atoms with Crippen molar-refractivity contribution in [2.45, 2.75) is 16.7 Å². The summed E-state index contributed by atoms with van der Waals surface area (Å²) in [5.41, 5.74) is 4.59. The van der Waals surface area contributed by atoms with Crippen LogP contribution in [0.5, 0.6) is 0 Å². The second kappa shape index (κ2) is 9.90. The number of carbonyl (C=O) groups is 3. The zero-order chi connectivity index (χ0) is 28.3. The molecule has 0 aromatic heterocycles. The van der Waals surface area contributed by atoms with Crippen LogP contribution in [0.2, 0.25) is 0 Å². The Morgan fingerprint density at radius 3 is 1.76 bits per heavy atom. The van der Waals surface area contributed by atoms with Crippen molar-refractivity contribution in [2.24, 2.45) is 11.8 Å². The van der Waals surface area contributed by atoms with E-state index in [0.29, 0.717) is 13.2 Å². The topological polar surface area (TPSA) is 110 Å².